The van der Waals surface area contributed by atoms with Crippen LogP contribution in [-0.4, -0.2) is 82.0 Å². The Morgan fingerprint density at radius 1 is 1.10 bits per heavy atom. The number of piperidine rings is 1. The van der Waals surface area contributed by atoms with Gasteiger partial charge in [-0.2, -0.15) is 4.68 Å². The molecule has 3 fully saturated rings. The number of imide groups is 1. The average molecular weight is 532 g/mol. The molecule has 4 heterocycles. The van der Waals surface area contributed by atoms with Crippen molar-refractivity contribution in [2.75, 3.05) is 44.7 Å². The summed E-state index contributed by atoms with van der Waals surface area (Å²) in [6.07, 6.45) is 0.376. The predicted octanol–water partition coefficient (Wildman–Crippen LogP) is 1.21. The molecular weight excluding hydrogens is 498 g/mol. The quantitative estimate of drug-likeness (QED) is 0.433. The fraction of sp³-hybridized carbons (Fsp3) is 0.464. The molecule has 11 heteroatoms. The smallest absolute Gasteiger partial charge is 0.280 e. The van der Waals surface area contributed by atoms with Gasteiger partial charge in [0.2, 0.25) is 5.91 Å². The Bertz CT molecular complexity index is 1460. The first kappa shape index (κ1) is 25.6. The fourth-order valence-electron chi connectivity index (χ4n) is 5.70. The molecule has 1 unspecified atom stereocenters. The Morgan fingerprint density at radius 2 is 1.92 bits per heavy atom. The summed E-state index contributed by atoms with van der Waals surface area (Å²) in [5.41, 5.74) is 4.35. The SMILES string of the molecule is Cc1cc(CNc2cccc3nnn(C4CCC(=O)NC4=O)c(=O)c23)ccc1CN1CC(N2CCOCC2)C1. The molecule has 1 atom stereocenters. The van der Waals surface area contributed by atoms with Gasteiger partial charge in [0.25, 0.3) is 11.5 Å². The van der Waals surface area contributed by atoms with Crippen LogP contribution in [0.15, 0.2) is 41.2 Å². The lowest BCUT2D eigenvalue weighted by Gasteiger charge is -2.46. The van der Waals surface area contributed by atoms with Gasteiger partial charge in [0.05, 0.1) is 18.6 Å². The normalized spacial score (nSPS) is 21.1. The van der Waals surface area contributed by atoms with Gasteiger partial charge in [-0.1, -0.05) is 29.5 Å². The van der Waals surface area contributed by atoms with Crippen molar-refractivity contribution in [3.63, 3.8) is 0 Å². The molecule has 1 aromatic heterocycles. The highest BCUT2D eigenvalue weighted by molar-refractivity contribution is 5.99. The zero-order valence-corrected chi connectivity index (χ0v) is 22.1. The second kappa shape index (κ2) is 10.8. The molecule has 2 N–H and O–H groups in total. The zero-order chi connectivity index (χ0) is 26.9. The van der Waals surface area contributed by atoms with Gasteiger partial charge < -0.3 is 10.1 Å². The average Bonchev–Trinajstić information content (AvgIpc) is 2.91. The number of aromatic nitrogens is 3. The molecule has 0 spiro atoms. The topological polar surface area (TPSA) is 122 Å². The molecule has 0 bridgehead atoms. The molecule has 3 saturated heterocycles. The molecular formula is C28H33N7O4. The van der Waals surface area contributed by atoms with Crippen molar-refractivity contribution in [2.24, 2.45) is 0 Å². The van der Waals surface area contributed by atoms with E-state index in [0.717, 1.165) is 56.2 Å². The van der Waals surface area contributed by atoms with Crippen LogP contribution in [0.4, 0.5) is 5.69 Å². The number of benzene rings is 2. The van der Waals surface area contributed by atoms with Gasteiger partial charge >= 0.3 is 0 Å². The number of hydrogen-bond acceptors (Lipinski definition) is 9. The minimum atomic E-state index is -0.856. The summed E-state index contributed by atoms with van der Waals surface area (Å²) in [6.45, 7) is 9.57. The van der Waals surface area contributed by atoms with E-state index in [0.29, 0.717) is 29.2 Å². The molecule has 204 valence electrons. The number of nitrogens with one attached hydrogen (secondary N) is 2. The highest BCUT2D eigenvalue weighted by Gasteiger charge is 2.33. The van der Waals surface area contributed by atoms with E-state index in [2.05, 4.69) is 55.9 Å². The summed E-state index contributed by atoms with van der Waals surface area (Å²) < 4.78 is 6.56. The van der Waals surface area contributed by atoms with Crippen LogP contribution in [0.1, 0.15) is 35.6 Å². The minimum absolute atomic E-state index is 0.157. The summed E-state index contributed by atoms with van der Waals surface area (Å²) in [5.74, 6) is -0.873. The number of hydrogen-bond donors (Lipinski definition) is 2. The van der Waals surface area contributed by atoms with E-state index in [9.17, 15) is 14.4 Å². The Kier molecular flexibility index (Phi) is 7.11. The lowest BCUT2D eigenvalue weighted by Crippen LogP contribution is -2.60. The molecule has 0 radical (unpaired) electrons. The van der Waals surface area contributed by atoms with Crippen LogP contribution in [0.2, 0.25) is 0 Å². The molecule has 11 nitrogen and oxygen atoms in total. The fourth-order valence-corrected chi connectivity index (χ4v) is 5.70. The second-order valence-corrected chi connectivity index (χ2v) is 10.6. The third kappa shape index (κ3) is 5.29. The third-order valence-electron chi connectivity index (χ3n) is 8.00. The van der Waals surface area contributed by atoms with Crippen LogP contribution < -0.4 is 16.2 Å². The van der Waals surface area contributed by atoms with Gasteiger partial charge in [-0.25, -0.2) is 0 Å². The standard InChI is InChI=1S/C28H33N7O4/c1-18-13-19(5-6-20(18)15-33-16-21(17-33)34-9-11-39-12-10-34)14-29-22-3-2-4-23-26(22)28(38)35(32-31-23)24-7-8-25(36)30-27(24)37/h2-6,13,21,24,29H,7-12,14-17H2,1H3,(H,30,36,37). The number of morpholine rings is 1. The van der Waals surface area contributed by atoms with Gasteiger partial charge in [0.1, 0.15) is 11.6 Å². The van der Waals surface area contributed by atoms with E-state index in [4.69, 9.17) is 4.74 Å². The first-order chi connectivity index (χ1) is 19.0. The van der Waals surface area contributed by atoms with E-state index in [1.54, 1.807) is 6.07 Å². The molecule has 2 aromatic carbocycles. The number of amides is 2. The van der Waals surface area contributed by atoms with Crippen molar-refractivity contribution < 1.29 is 14.3 Å². The highest BCUT2D eigenvalue weighted by atomic mass is 16.5. The molecule has 2 amide bonds. The van der Waals surface area contributed by atoms with Crippen molar-refractivity contribution in [3.05, 3.63) is 63.4 Å². The number of anilines is 1. The Labute approximate surface area is 226 Å². The highest BCUT2D eigenvalue weighted by Crippen LogP contribution is 2.24. The van der Waals surface area contributed by atoms with Gasteiger partial charge in [-0.15, -0.1) is 5.10 Å². The van der Waals surface area contributed by atoms with E-state index in [1.165, 1.54) is 11.1 Å². The number of ether oxygens (including phenoxy) is 1. The van der Waals surface area contributed by atoms with Crippen LogP contribution in [0, 0.1) is 6.92 Å². The minimum Gasteiger partial charge on any atom is -0.380 e. The van der Waals surface area contributed by atoms with Crippen LogP contribution in [0.3, 0.4) is 0 Å². The molecule has 3 aliphatic rings. The van der Waals surface area contributed by atoms with Crippen molar-refractivity contribution in [1.29, 1.82) is 0 Å². The monoisotopic (exact) mass is 531 g/mol. The van der Waals surface area contributed by atoms with Crippen molar-refractivity contribution in [2.45, 2.75) is 44.9 Å². The molecule has 3 aliphatic heterocycles. The number of carbonyl (C=O) groups is 2. The van der Waals surface area contributed by atoms with Crippen molar-refractivity contribution >= 4 is 28.4 Å². The molecule has 3 aromatic rings. The number of likely N-dealkylation sites (tertiary alicyclic amines) is 1. The maximum Gasteiger partial charge on any atom is 0.280 e. The largest absolute Gasteiger partial charge is 0.380 e. The molecule has 6 rings (SSSR count). The first-order valence-corrected chi connectivity index (χ1v) is 13.5. The molecule has 39 heavy (non-hydrogen) atoms. The summed E-state index contributed by atoms with van der Waals surface area (Å²) in [6, 6.07) is 11.7. The lowest BCUT2D eigenvalue weighted by atomic mass is 10.0. The maximum absolute atomic E-state index is 13.4. The van der Waals surface area contributed by atoms with Gasteiger partial charge in [-0.3, -0.25) is 29.5 Å². The second-order valence-electron chi connectivity index (χ2n) is 10.6. The number of rotatable bonds is 7. The predicted molar refractivity (Wildman–Crippen MR) is 145 cm³/mol. The maximum atomic E-state index is 13.4. The summed E-state index contributed by atoms with van der Waals surface area (Å²) in [4.78, 5) is 42.3. The van der Waals surface area contributed by atoms with E-state index >= 15 is 0 Å². The lowest BCUT2D eigenvalue weighted by molar-refractivity contribution is -0.136. The summed E-state index contributed by atoms with van der Waals surface area (Å²) in [7, 11) is 0. The Morgan fingerprint density at radius 3 is 2.69 bits per heavy atom. The van der Waals surface area contributed by atoms with Gasteiger partial charge in [0, 0.05) is 57.4 Å². The summed E-state index contributed by atoms with van der Waals surface area (Å²) in [5, 5.41) is 14.2. The summed E-state index contributed by atoms with van der Waals surface area (Å²) >= 11 is 0. The molecule has 0 saturated carbocycles. The van der Waals surface area contributed by atoms with Crippen molar-refractivity contribution in [1.82, 2.24) is 30.1 Å². The number of nitrogens with zero attached hydrogens (tertiary/aromatic N) is 5. The Hall–Kier alpha value is -3.67. The van der Waals surface area contributed by atoms with Crippen LogP contribution in [0.5, 0.6) is 0 Å². The van der Waals surface area contributed by atoms with E-state index in [-0.39, 0.29) is 18.7 Å². The Balaban J connectivity index is 1.12. The van der Waals surface area contributed by atoms with Crippen LogP contribution in [-0.2, 0) is 27.4 Å². The first-order valence-electron chi connectivity index (χ1n) is 13.5. The zero-order valence-electron chi connectivity index (χ0n) is 22.1. The van der Waals surface area contributed by atoms with Gasteiger partial charge in [0.15, 0.2) is 0 Å². The van der Waals surface area contributed by atoms with E-state index < -0.39 is 17.5 Å². The van der Waals surface area contributed by atoms with Crippen LogP contribution in [0.25, 0.3) is 10.9 Å². The molecule has 0 aliphatic carbocycles. The van der Waals surface area contributed by atoms with Crippen molar-refractivity contribution in [3.8, 4) is 0 Å². The number of fused-ring (bicyclic) bond motifs is 1. The number of carbonyl (C=O) groups excluding carboxylic acids is 2. The number of aryl methyl sites for hydroxylation is 1. The van der Waals surface area contributed by atoms with Crippen LogP contribution >= 0.6 is 0 Å². The van der Waals surface area contributed by atoms with Gasteiger partial charge in [-0.05, 0) is 42.2 Å². The third-order valence-corrected chi connectivity index (χ3v) is 8.00. The van der Waals surface area contributed by atoms with E-state index in [1.807, 2.05) is 12.1 Å².